The third-order valence-electron chi connectivity index (χ3n) is 4.55. The fourth-order valence-electron chi connectivity index (χ4n) is 3.10. The summed E-state index contributed by atoms with van der Waals surface area (Å²) >= 11 is 1.27. The number of anilines is 2. The van der Waals surface area contributed by atoms with E-state index in [0.29, 0.717) is 11.7 Å². The van der Waals surface area contributed by atoms with Gasteiger partial charge in [0.15, 0.2) is 5.13 Å². The molecule has 2 N–H and O–H groups in total. The van der Waals surface area contributed by atoms with Gasteiger partial charge < -0.3 is 15.1 Å². The summed E-state index contributed by atoms with van der Waals surface area (Å²) in [6.45, 7) is 1.38. The van der Waals surface area contributed by atoms with E-state index in [1.54, 1.807) is 11.6 Å². The third-order valence-corrected chi connectivity index (χ3v) is 5.24. The normalized spacial score (nSPS) is 14.2. The van der Waals surface area contributed by atoms with Gasteiger partial charge in [0.2, 0.25) is 0 Å². The van der Waals surface area contributed by atoms with Gasteiger partial charge in [-0.25, -0.2) is 4.98 Å². The molecule has 0 fully saturated rings. The van der Waals surface area contributed by atoms with Crippen molar-refractivity contribution in [2.45, 2.75) is 12.5 Å². The number of aromatic nitrogens is 1. The van der Waals surface area contributed by atoms with Gasteiger partial charge in [0.1, 0.15) is 0 Å². The molecular formula is C18H23N5O2S. The predicted octanol–water partition coefficient (Wildman–Crippen LogP) is 1.49. The van der Waals surface area contributed by atoms with Gasteiger partial charge in [0, 0.05) is 37.4 Å². The van der Waals surface area contributed by atoms with Gasteiger partial charge in [-0.05, 0) is 37.7 Å². The Bertz CT molecular complexity index is 791. The molecule has 0 bridgehead atoms. The van der Waals surface area contributed by atoms with Crippen molar-refractivity contribution in [1.29, 1.82) is 0 Å². The molecule has 2 heterocycles. The summed E-state index contributed by atoms with van der Waals surface area (Å²) in [5.41, 5.74) is 3.72. The molecule has 1 aliphatic rings. The van der Waals surface area contributed by atoms with E-state index in [9.17, 15) is 9.59 Å². The number of carbonyl (C=O) groups is 2. The summed E-state index contributed by atoms with van der Waals surface area (Å²) in [5.74, 6) is -1.36. The average molecular weight is 373 g/mol. The second kappa shape index (κ2) is 7.84. The van der Waals surface area contributed by atoms with Crippen LogP contribution in [0.1, 0.15) is 17.2 Å². The van der Waals surface area contributed by atoms with Crippen molar-refractivity contribution in [2.24, 2.45) is 0 Å². The van der Waals surface area contributed by atoms with Crippen LogP contribution in [-0.4, -0.2) is 55.9 Å². The molecule has 0 saturated heterocycles. The molecule has 138 valence electrons. The van der Waals surface area contributed by atoms with Gasteiger partial charge in [0.05, 0.1) is 6.04 Å². The average Bonchev–Trinajstić information content (AvgIpc) is 3.24. The zero-order valence-corrected chi connectivity index (χ0v) is 16.0. The summed E-state index contributed by atoms with van der Waals surface area (Å²) in [7, 11) is 6.02. The fourth-order valence-corrected chi connectivity index (χ4v) is 3.63. The summed E-state index contributed by atoms with van der Waals surface area (Å²) in [4.78, 5) is 32.3. The largest absolute Gasteiger partial charge is 0.374 e. The number of nitrogens with zero attached hydrogens (tertiary/aromatic N) is 3. The Labute approximate surface area is 157 Å². The van der Waals surface area contributed by atoms with Crippen LogP contribution in [0.15, 0.2) is 29.8 Å². The van der Waals surface area contributed by atoms with E-state index in [1.807, 2.05) is 19.0 Å². The lowest BCUT2D eigenvalue weighted by atomic mass is 10.0. The minimum atomic E-state index is -0.701. The van der Waals surface area contributed by atoms with Crippen LogP contribution in [0.4, 0.5) is 10.8 Å². The molecule has 0 unspecified atom stereocenters. The Hall–Kier alpha value is -2.45. The first kappa shape index (κ1) is 18.3. The van der Waals surface area contributed by atoms with E-state index in [0.717, 1.165) is 18.5 Å². The van der Waals surface area contributed by atoms with E-state index in [-0.39, 0.29) is 6.04 Å². The highest BCUT2D eigenvalue weighted by atomic mass is 32.1. The van der Waals surface area contributed by atoms with Crippen molar-refractivity contribution >= 4 is 34.0 Å². The maximum absolute atomic E-state index is 12.1. The molecule has 26 heavy (non-hydrogen) atoms. The minimum absolute atomic E-state index is 0.0113. The monoisotopic (exact) mass is 373 g/mol. The summed E-state index contributed by atoms with van der Waals surface area (Å²) in [5, 5.41) is 7.37. The molecule has 1 aromatic carbocycles. The Balaban J connectivity index is 1.64. The summed E-state index contributed by atoms with van der Waals surface area (Å²) in [6.07, 6.45) is 2.61. The maximum atomic E-state index is 12.1. The molecule has 8 heteroatoms. The molecule has 0 radical (unpaired) electrons. The summed E-state index contributed by atoms with van der Waals surface area (Å²) in [6, 6.07) is 6.41. The molecule has 7 nitrogen and oxygen atoms in total. The second-order valence-electron chi connectivity index (χ2n) is 6.54. The smallest absolute Gasteiger partial charge is 0.315 e. The molecular weight excluding hydrogens is 350 g/mol. The van der Waals surface area contributed by atoms with Crippen LogP contribution in [0.5, 0.6) is 0 Å². The highest BCUT2D eigenvalue weighted by Gasteiger charge is 2.22. The van der Waals surface area contributed by atoms with Crippen molar-refractivity contribution in [3.63, 3.8) is 0 Å². The number of hydrogen-bond acceptors (Lipinski definition) is 6. The van der Waals surface area contributed by atoms with Crippen molar-refractivity contribution in [3.05, 3.63) is 40.9 Å². The van der Waals surface area contributed by atoms with E-state index in [4.69, 9.17) is 0 Å². The first-order valence-electron chi connectivity index (χ1n) is 8.44. The van der Waals surface area contributed by atoms with Gasteiger partial charge in [-0.2, -0.15) is 0 Å². The Morgan fingerprint density at radius 2 is 2.15 bits per heavy atom. The molecule has 2 aromatic rings. The second-order valence-corrected chi connectivity index (χ2v) is 7.44. The number of likely N-dealkylation sites (N-methyl/N-ethyl adjacent to an activating group) is 2. The van der Waals surface area contributed by atoms with Crippen LogP contribution >= 0.6 is 11.3 Å². The lowest BCUT2D eigenvalue weighted by Crippen LogP contribution is -2.40. The van der Waals surface area contributed by atoms with Crippen molar-refractivity contribution in [3.8, 4) is 0 Å². The number of carbonyl (C=O) groups excluding carboxylic acids is 2. The molecule has 3 rings (SSSR count). The van der Waals surface area contributed by atoms with Gasteiger partial charge >= 0.3 is 11.8 Å². The van der Waals surface area contributed by atoms with Crippen LogP contribution < -0.4 is 15.5 Å². The number of thiazole rings is 1. The number of nitrogens with one attached hydrogen (secondary N) is 2. The first-order valence-corrected chi connectivity index (χ1v) is 9.32. The molecule has 1 aliphatic heterocycles. The SMILES string of the molecule is CN1CCc2cc([C@@H](CNC(=O)C(=O)Nc3nccs3)N(C)C)ccc21. The van der Waals surface area contributed by atoms with E-state index < -0.39 is 11.8 Å². The number of rotatable bonds is 5. The molecule has 0 aliphatic carbocycles. The maximum Gasteiger partial charge on any atom is 0.315 e. The van der Waals surface area contributed by atoms with Gasteiger partial charge in [-0.1, -0.05) is 12.1 Å². The Morgan fingerprint density at radius 1 is 1.35 bits per heavy atom. The zero-order valence-electron chi connectivity index (χ0n) is 15.2. The molecule has 1 aromatic heterocycles. The topological polar surface area (TPSA) is 77.6 Å². The van der Waals surface area contributed by atoms with Crippen LogP contribution in [0.2, 0.25) is 0 Å². The highest BCUT2D eigenvalue weighted by molar-refractivity contribution is 7.13. The molecule has 2 amide bonds. The van der Waals surface area contributed by atoms with E-state index in [2.05, 4.69) is 45.8 Å². The first-order chi connectivity index (χ1) is 12.5. The van der Waals surface area contributed by atoms with Crippen LogP contribution in [0.25, 0.3) is 0 Å². The van der Waals surface area contributed by atoms with Crippen molar-refractivity contribution in [2.75, 3.05) is 44.4 Å². The zero-order chi connectivity index (χ0) is 18.7. The minimum Gasteiger partial charge on any atom is -0.374 e. The van der Waals surface area contributed by atoms with Crippen LogP contribution in [0, 0.1) is 0 Å². The third kappa shape index (κ3) is 4.03. The molecule has 0 spiro atoms. The van der Waals surface area contributed by atoms with Crippen molar-refractivity contribution < 1.29 is 9.59 Å². The quantitative estimate of drug-likeness (QED) is 0.777. The lowest BCUT2D eigenvalue weighted by Gasteiger charge is -2.25. The number of amides is 2. The van der Waals surface area contributed by atoms with Crippen molar-refractivity contribution in [1.82, 2.24) is 15.2 Å². The predicted molar refractivity (Wildman–Crippen MR) is 104 cm³/mol. The van der Waals surface area contributed by atoms with E-state index in [1.165, 1.54) is 22.6 Å². The number of benzene rings is 1. The number of fused-ring (bicyclic) bond motifs is 1. The number of hydrogen-bond donors (Lipinski definition) is 2. The fraction of sp³-hybridized carbons (Fsp3) is 0.389. The molecule has 0 saturated carbocycles. The van der Waals surface area contributed by atoms with Gasteiger partial charge in [-0.15, -0.1) is 11.3 Å². The Morgan fingerprint density at radius 3 is 2.85 bits per heavy atom. The summed E-state index contributed by atoms with van der Waals surface area (Å²) < 4.78 is 0. The molecule has 1 atom stereocenters. The highest BCUT2D eigenvalue weighted by Crippen LogP contribution is 2.30. The van der Waals surface area contributed by atoms with Gasteiger partial charge in [0.25, 0.3) is 0 Å². The van der Waals surface area contributed by atoms with E-state index >= 15 is 0 Å². The van der Waals surface area contributed by atoms with Gasteiger partial charge in [-0.3, -0.25) is 14.9 Å². The standard InChI is InChI=1S/C18H23N5O2S/c1-22(2)15(12-4-5-14-13(10-12)6-8-23(14)3)11-20-16(24)17(25)21-18-19-7-9-26-18/h4-5,7,9-10,15H,6,8,11H2,1-3H3,(H,20,24)(H,19,21,25)/t15-/m1/s1. The van der Waals surface area contributed by atoms with Crippen LogP contribution in [-0.2, 0) is 16.0 Å². The lowest BCUT2D eigenvalue weighted by molar-refractivity contribution is -0.136. The van der Waals surface area contributed by atoms with Crippen LogP contribution in [0.3, 0.4) is 0 Å². The Kier molecular flexibility index (Phi) is 5.53.